The zero-order chi connectivity index (χ0) is 21.7. The zero-order valence-corrected chi connectivity index (χ0v) is 16.2. The average Bonchev–Trinajstić information content (AvgIpc) is 3.52. The van der Waals surface area contributed by atoms with Crippen LogP contribution in [0.1, 0.15) is 36.9 Å². The Hall–Kier alpha value is -3.29. The minimum atomic E-state index is -4.74. The van der Waals surface area contributed by atoms with E-state index in [2.05, 4.69) is 15.4 Å². The van der Waals surface area contributed by atoms with Gasteiger partial charge in [-0.15, -0.1) is 13.2 Å². The van der Waals surface area contributed by atoms with Gasteiger partial charge in [0, 0.05) is 17.7 Å². The highest BCUT2D eigenvalue weighted by atomic mass is 19.4. The number of hydrogen-bond acceptors (Lipinski definition) is 3. The molecule has 0 radical (unpaired) electrons. The summed E-state index contributed by atoms with van der Waals surface area (Å²) in [6.07, 6.45) is -0.0668. The van der Waals surface area contributed by atoms with E-state index >= 15 is 0 Å². The number of hydrogen-bond donors (Lipinski definition) is 2. The number of alkyl halides is 3. The minimum Gasteiger partial charge on any atom is -0.406 e. The normalized spacial score (nSPS) is 14.9. The first-order valence-electron chi connectivity index (χ1n) is 9.45. The molecule has 2 N–H and O–H groups in total. The second kappa shape index (κ2) is 9.02. The lowest BCUT2D eigenvalue weighted by atomic mass is 10.1. The van der Waals surface area contributed by atoms with Crippen LogP contribution in [0.25, 0.3) is 6.08 Å². The van der Waals surface area contributed by atoms with Gasteiger partial charge in [-0.3, -0.25) is 9.59 Å². The van der Waals surface area contributed by atoms with Gasteiger partial charge in [-0.1, -0.05) is 24.3 Å². The topological polar surface area (TPSA) is 67.4 Å². The lowest BCUT2D eigenvalue weighted by molar-refractivity contribution is -0.274. The van der Waals surface area contributed by atoms with Crippen molar-refractivity contribution in [2.45, 2.75) is 32.2 Å². The maximum atomic E-state index is 12.2. The Labute approximate surface area is 171 Å². The summed E-state index contributed by atoms with van der Waals surface area (Å²) < 4.78 is 40.3. The summed E-state index contributed by atoms with van der Waals surface area (Å²) in [7, 11) is 0. The van der Waals surface area contributed by atoms with Crippen molar-refractivity contribution < 1.29 is 27.5 Å². The smallest absolute Gasteiger partial charge is 0.406 e. The second-order valence-corrected chi connectivity index (χ2v) is 7.07. The van der Waals surface area contributed by atoms with Crippen LogP contribution in [0.3, 0.4) is 0 Å². The van der Waals surface area contributed by atoms with Gasteiger partial charge in [0.25, 0.3) is 0 Å². The molecule has 1 fully saturated rings. The van der Waals surface area contributed by atoms with E-state index in [0.29, 0.717) is 11.3 Å². The Balaban J connectivity index is 1.50. The number of anilines is 1. The lowest BCUT2D eigenvalue weighted by Gasteiger charge is -2.14. The molecular weight excluding hydrogens is 397 g/mol. The predicted octanol–water partition coefficient (Wildman–Crippen LogP) is 4.82. The number of rotatable bonds is 7. The van der Waals surface area contributed by atoms with Crippen molar-refractivity contribution in [2.24, 2.45) is 5.92 Å². The van der Waals surface area contributed by atoms with Gasteiger partial charge in [-0.05, 0) is 61.2 Å². The van der Waals surface area contributed by atoms with Crippen molar-refractivity contribution in [3.8, 4) is 5.75 Å². The summed E-state index contributed by atoms with van der Waals surface area (Å²) in [6.45, 7) is 1.83. The van der Waals surface area contributed by atoms with Crippen LogP contribution in [-0.2, 0) is 9.59 Å². The summed E-state index contributed by atoms with van der Waals surface area (Å²) in [5.41, 5.74) is 2.14. The van der Waals surface area contributed by atoms with Crippen LogP contribution in [0.15, 0.2) is 54.6 Å². The zero-order valence-electron chi connectivity index (χ0n) is 16.2. The Morgan fingerprint density at radius 1 is 1.07 bits per heavy atom. The molecule has 0 saturated heterocycles. The molecule has 1 aliphatic rings. The molecule has 0 bridgehead atoms. The second-order valence-electron chi connectivity index (χ2n) is 7.07. The van der Waals surface area contributed by atoms with Crippen molar-refractivity contribution in [3.05, 3.63) is 65.7 Å². The van der Waals surface area contributed by atoms with Crippen LogP contribution in [-0.4, -0.2) is 18.2 Å². The number of halogens is 3. The van der Waals surface area contributed by atoms with Gasteiger partial charge in [0.05, 0.1) is 6.04 Å². The molecule has 8 heteroatoms. The van der Waals surface area contributed by atoms with E-state index in [0.717, 1.165) is 18.4 Å². The van der Waals surface area contributed by atoms with Crippen LogP contribution >= 0.6 is 0 Å². The monoisotopic (exact) mass is 418 g/mol. The quantitative estimate of drug-likeness (QED) is 0.634. The molecule has 30 heavy (non-hydrogen) atoms. The van der Waals surface area contributed by atoms with Crippen molar-refractivity contribution in [1.29, 1.82) is 0 Å². The van der Waals surface area contributed by atoms with Crippen molar-refractivity contribution in [1.82, 2.24) is 5.32 Å². The molecule has 1 saturated carbocycles. The lowest BCUT2D eigenvalue weighted by Crippen LogP contribution is -2.24. The van der Waals surface area contributed by atoms with Crippen LogP contribution in [0.2, 0.25) is 0 Å². The number of carbonyl (C=O) groups is 2. The Kier molecular flexibility index (Phi) is 6.44. The summed E-state index contributed by atoms with van der Waals surface area (Å²) in [5, 5.41) is 5.67. The highest BCUT2D eigenvalue weighted by molar-refractivity contribution is 5.94. The third-order valence-corrected chi connectivity index (χ3v) is 4.53. The Bertz CT molecular complexity index is 918. The molecule has 1 unspecified atom stereocenters. The van der Waals surface area contributed by atoms with Crippen LogP contribution in [0, 0.1) is 5.92 Å². The summed E-state index contributed by atoms with van der Waals surface area (Å²) in [5.74, 6) is -0.506. The molecule has 0 aliphatic heterocycles. The van der Waals surface area contributed by atoms with E-state index in [1.807, 2.05) is 19.1 Å². The van der Waals surface area contributed by atoms with Gasteiger partial charge in [0.1, 0.15) is 5.75 Å². The first-order chi connectivity index (χ1) is 14.2. The number of ether oxygens (including phenoxy) is 1. The van der Waals surface area contributed by atoms with E-state index in [4.69, 9.17) is 0 Å². The van der Waals surface area contributed by atoms with Gasteiger partial charge in [0.15, 0.2) is 0 Å². The Morgan fingerprint density at radius 3 is 2.27 bits per heavy atom. The number of benzene rings is 2. The molecule has 1 atom stereocenters. The van der Waals surface area contributed by atoms with Gasteiger partial charge in [-0.2, -0.15) is 0 Å². The number of carbonyl (C=O) groups excluding carboxylic acids is 2. The van der Waals surface area contributed by atoms with E-state index in [9.17, 15) is 22.8 Å². The molecule has 3 rings (SSSR count). The highest BCUT2D eigenvalue weighted by Crippen LogP contribution is 2.30. The maximum Gasteiger partial charge on any atom is 0.573 e. The van der Waals surface area contributed by atoms with E-state index in [-0.39, 0.29) is 29.5 Å². The fourth-order valence-electron chi connectivity index (χ4n) is 2.74. The fourth-order valence-corrected chi connectivity index (χ4v) is 2.74. The van der Waals surface area contributed by atoms with Gasteiger partial charge in [-0.25, -0.2) is 0 Å². The van der Waals surface area contributed by atoms with Gasteiger partial charge in [0.2, 0.25) is 11.8 Å². The van der Waals surface area contributed by atoms with Crippen molar-refractivity contribution >= 4 is 23.6 Å². The number of nitrogens with one attached hydrogen (secondary N) is 2. The fraction of sp³-hybridized carbons (Fsp3) is 0.273. The molecule has 0 aromatic heterocycles. The number of amides is 2. The minimum absolute atomic E-state index is 0.0345. The maximum absolute atomic E-state index is 12.2. The van der Waals surface area contributed by atoms with Crippen LogP contribution in [0.4, 0.5) is 18.9 Å². The molecule has 2 aromatic rings. The third kappa shape index (κ3) is 6.65. The average molecular weight is 418 g/mol. The van der Waals surface area contributed by atoms with Crippen LogP contribution < -0.4 is 15.4 Å². The molecule has 2 amide bonds. The summed E-state index contributed by atoms with van der Waals surface area (Å²) >= 11 is 0. The van der Waals surface area contributed by atoms with Crippen LogP contribution in [0.5, 0.6) is 5.75 Å². The molecule has 0 spiro atoms. The molecule has 0 heterocycles. The first-order valence-corrected chi connectivity index (χ1v) is 9.45. The van der Waals surface area contributed by atoms with Crippen molar-refractivity contribution in [2.75, 3.05) is 5.32 Å². The molecule has 5 nitrogen and oxygen atoms in total. The third-order valence-electron chi connectivity index (χ3n) is 4.53. The Morgan fingerprint density at radius 2 is 1.70 bits per heavy atom. The first kappa shape index (κ1) is 21.4. The SMILES string of the molecule is CC(NC(=O)/C=C/c1ccc(OC(F)(F)F)cc1)c1ccc(NC(=O)C2CC2)cc1. The van der Waals surface area contributed by atoms with E-state index in [1.165, 1.54) is 36.4 Å². The van der Waals surface area contributed by atoms with Gasteiger partial charge < -0.3 is 15.4 Å². The highest BCUT2D eigenvalue weighted by Gasteiger charge is 2.31. The summed E-state index contributed by atoms with van der Waals surface area (Å²) in [6, 6.07) is 12.2. The van der Waals surface area contributed by atoms with E-state index < -0.39 is 6.36 Å². The molecule has 2 aromatic carbocycles. The van der Waals surface area contributed by atoms with E-state index in [1.54, 1.807) is 12.1 Å². The predicted molar refractivity (Wildman–Crippen MR) is 107 cm³/mol. The standard InChI is InChI=1S/C22H21F3N2O3/c1-14(16-7-9-18(10-8-16)27-21(29)17-5-6-17)26-20(28)13-4-15-2-11-19(12-3-15)30-22(23,24)25/h2-4,7-14,17H,5-6H2,1H3,(H,26,28)(H,27,29)/b13-4+. The molecule has 158 valence electrons. The van der Waals surface area contributed by atoms with Gasteiger partial charge >= 0.3 is 6.36 Å². The summed E-state index contributed by atoms with van der Waals surface area (Å²) in [4.78, 5) is 23.9. The van der Waals surface area contributed by atoms with Crippen molar-refractivity contribution in [3.63, 3.8) is 0 Å². The molecule has 1 aliphatic carbocycles. The largest absolute Gasteiger partial charge is 0.573 e. The molecular formula is C22H21F3N2O3.